The Kier molecular flexibility index (Phi) is 5.00. The first-order chi connectivity index (χ1) is 9.06. The second-order valence-electron chi connectivity index (χ2n) is 6.27. The lowest BCUT2D eigenvalue weighted by Crippen LogP contribution is -2.36. The van der Waals surface area contributed by atoms with Gasteiger partial charge in [0.25, 0.3) is 0 Å². The van der Waals surface area contributed by atoms with Crippen LogP contribution >= 0.6 is 0 Å². The molecule has 0 bridgehead atoms. The highest BCUT2D eigenvalue weighted by Gasteiger charge is 2.15. The zero-order chi connectivity index (χ0) is 13.8. The van der Waals surface area contributed by atoms with Crippen LogP contribution < -0.4 is 5.32 Å². The van der Waals surface area contributed by atoms with Gasteiger partial charge in [0, 0.05) is 13.1 Å². The predicted octanol–water partition coefficient (Wildman–Crippen LogP) is 3.04. The van der Waals surface area contributed by atoms with Gasteiger partial charge in [-0.1, -0.05) is 12.1 Å². The fourth-order valence-corrected chi connectivity index (χ4v) is 3.07. The summed E-state index contributed by atoms with van der Waals surface area (Å²) in [5.41, 5.74) is 5.72. The zero-order valence-electron chi connectivity index (χ0n) is 12.9. The lowest BCUT2D eigenvalue weighted by Gasteiger charge is -2.28. The Balaban J connectivity index is 1.94. The lowest BCUT2D eigenvalue weighted by atomic mass is 9.98. The average molecular weight is 260 g/mol. The van der Waals surface area contributed by atoms with Crippen molar-refractivity contribution in [2.45, 2.75) is 40.2 Å². The van der Waals surface area contributed by atoms with Crippen molar-refractivity contribution in [2.75, 3.05) is 26.7 Å². The molecule has 106 valence electrons. The molecule has 0 aliphatic carbocycles. The molecule has 1 aromatic rings. The van der Waals surface area contributed by atoms with Crippen molar-refractivity contribution < 1.29 is 0 Å². The van der Waals surface area contributed by atoms with Crippen molar-refractivity contribution in [1.82, 2.24) is 10.2 Å². The molecule has 1 aliphatic rings. The molecule has 1 atom stereocenters. The Labute approximate surface area is 118 Å². The van der Waals surface area contributed by atoms with E-state index in [0.717, 1.165) is 12.5 Å². The Hall–Kier alpha value is -0.860. The second-order valence-corrected chi connectivity index (χ2v) is 6.27. The number of benzene rings is 1. The molecule has 1 aromatic carbocycles. The van der Waals surface area contributed by atoms with Crippen LogP contribution in [0.2, 0.25) is 0 Å². The van der Waals surface area contributed by atoms with Crippen LogP contribution in [-0.2, 0) is 6.54 Å². The Morgan fingerprint density at radius 2 is 1.89 bits per heavy atom. The number of hydrogen-bond donors (Lipinski definition) is 1. The van der Waals surface area contributed by atoms with Gasteiger partial charge in [0.1, 0.15) is 0 Å². The van der Waals surface area contributed by atoms with Crippen LogP contribution in [-0.4, -0.2) is 31.6 Å². The third-order valence-corrected chi connectivity index (χ3v) is 4.36. The van der Waals surface area contributed by atoms with Crippen molar-refractivity contribution in [3.05, 3.63) is 34.4 Å². The van der Waals surface area contributed by atoms with Crippen molar-refractivity contribution >= 4 is 0 Å². The SMILES string of the molecule is Cc1cc(C)c(CN(C)CC2CCCNC2)cc1C. The van der Waals surface area contributed by atoms with Crippen LogP contribution in [0.5, 0.6) is 0 Å². The molecule has 1 heterocycles. The van der Waals surface area contributed by atoms with E-state index in [-0.39, 0.29) is 0 Å². The molecule has 1 aliphatic heterocycles. The number of aryl methyl sites for hydroxylation is 3. The van der Waals surface area contributed by atoms with Gasteiger partial charge in [0.05, 0.1) is 0 Å². The Morgan fingerprint density at radius 1 is 1.16 bits per heavy atom. The van der Waals surface area contributed by atoms with E-state index < -0.39 is 0 Å². The monoisotopic (exact) mass is 260 g/mol. The molecule has 0 spiro atoms. The van der Waals surface area contributed by atoms with Crippen molar-refractivity contribution in [3.63, 3.8) is 0 Å². The summed E-state index contributed by atoms with van der Waals surface area (Å²) in [6.07, 6.45) is 2.71. The standard InChI is InChI=1S/C17H28N2/c1-13-8-15(3)17(9-14(13)2)12-19(4)11-16-6-5-7-18-10-16/h8-9,16,18H,5-7,10-12H2,1-4H3. The third-order valence-electron chi connectivity index (χ3n) is 4.36. The summed E-state index contributed by atoms with van der Waals surface area (Å²) >= 11 is 0. The van der Waals surface area contributed by atoms with Gasteiger partial charge in [-0.25, -0.2) is 0 Å². The predicted molar refractivity (Wildman–Crippen MR) is 82.6 cm³/mol. The summed E-state index contributed by atoms with van der Waals surface area (Å²) in [5, 5.41) is 3.51. The van der Waals surface area contributed by atoms with Gasteiger partial charge in [-0.3, -0.25) is 0 Å². The van der Waals surface area contributed by atoms with Gasteiger partial charge in [0.2, 0.25) is 0 Å². The van der Waals surface area contributed by atoms with Crippen LogP contribution in [0, 0.1) is 26.7 Å². The molecule has 1 N–H and O–H groups in total. The smallest absolute Gasteiger partial charge is 0.0233 e. The van der Waals surface area contributed by atoms with E-state index in [4.69, 9.17) is 0 Å². The van der Waals surface area contributed by atoms with Crippen LogP contribution in [0.15, 0.2) is 12.1 Å². The molecule has 19 heavy (non-hydrogen) atoms. The van der Waals surface area contributed by atoms with Gasteiger partial charge in [0.15, 0.2) is 0 Å². The summed E-state index contributed by atoms with van der Waals surface area (Å²) in [4.78, 5) is 2.48. The third kappa shape index (κ3) is 4.05. The molecule has 1 unspecified atom stereocenters. The van der Waals surface area contributed by atoms with Crippen LogP contribution in [0.25, 0.3) is 0 Å². The van der Waals surface area contributed by atoms with Crippen molar-refractivity contribution in [1.29, 1.82) is 0 Å². The first-order valence-corrected chi connectivity index (χ1v) is 7.52. The van der Waals surface area contributed by atoms with E-state index in [9.17, 15) is 0 Å². The summed E-state index contributed by atoms with van der Waals surface area (Å²) in [5.74, 6) is 0.825. The Bertz CT molecular complexity index is 420. The Morgan fingerprint density at radius 3 is 2.58 bits per heavy atom. The highest BCUT2D eigenvalue weighted by atomic mass is 15.1. The molecule has 1 fully saturated rings. The minimum Gasteiger partial charge on any atom is -0.316 e. The maximum atomic E-state index is 3.51. The van der Waals surface area contributed by atoms with Gasteiger partial charge >= 0.3 is 0 Å². The van der Waals surface area contributed by atoms with E-state index in [1.807, 2.05) is 0 Å². The molecule has 2 rings (SSSR count). The summed E-state index contributed by atoms with van der Waals surface area (Å²) in [7, 11) is 2.25. The second kappa shape index (κ2) is 6.53. The van der Waals surface area contributed by atoms with Gasteiger partial charge < -0.3 is 10.2 Å². The fourth-order valence-electron chi connectivity index (χ4n) is 3.07. The maximum absolute atomic E-state index is 3.51. The molecule has 2 heteroatoms. The molecule has 0 saturated carbocycles. The minimum absolute atomic E-state index is 0.825. The number of hydrogen-bond acceptors (Lipinski definition) is 2. The quantitative estimate of drug-likeness (QED) is 0.895. The molecular weight excluding hydrogens is 232 g/mol. The molecule has 0 aromatic heterocycles. The molecule has 0 radical (unpaired) electrons. The number of nitrogens with one attached hydrogen (secondary N) is 1. The van der Waals surface area contributed by atoms with Gasteiger partial charge in [-0.15, -0.1) is 0 Å². The average Bonchev–Trinajstić information content (AvgIpc) is 2.37. The normalized spacial score (nSPS) is 19.9. The van der Waals surface area contributed by atoms with E-state index in [1.54, 1.807) is 0 Å². The van der Waals surface area contributed by atoms with Gasteiger partial charge in [-0.05, 0) is 81.9 Å². The van der Waals surface area contributed by atoms with E-state index in [1.165, 1.54) is 54.7 Å². The van der Waals surface area contributed by atoms with E-state index in [2.05, 4.69) is 50.2 Å². The number of piperidine rings is 1. The van der Waals surface area contributed by atoms with Crippen LogP contribution in [0.1, 0.15) is 35.1 Å². The summed E-state index contributed by atoms with van der Waals surface area (Å²) in [6.45, 7) is 11.3. The lowest BCUT2D eigenvalue weighted by molar-refractivity contribution is 0.237. The van der Waals surface area contributed by atoms with E-state index >= 15 is 0 Å². The van der Waals surface area contributed by atoms with Crippen molar-refractivity contribution in [2.24, 2.45) is 5.92 Å². The first-order valence-electron chi connectivity index (χ1n) is 7.52. The summed E-state index contributed by atoms with van der Waals surface area (Å²) < 4.78 is 0. The number of nitrogens with zero attached hydrogens (tertiary/aromatic N) is 1. The van der Waals surface area contributed by atoms with Crippen LogP contribution in [0.4, 0.5) is 0 Å². The highest BCUT2D eigenvalue weighted by Crippen LogP contribution is 2.18. The topological polar surface area (TPSA) is 15.3 Å². The highest BCUT2D eigenvalue weighted by molar-refractivity contribution is 5.36. The first kappa shape index (κ1) is 14.5. The van der Waals surface area contributed by atoms with E-state index in [0.29, 0.717) is 0 Å². The zero-order valence-corrected chi connectivity index (χ0v) is 12.9. The molecule has 2 nitrogen and oxygen atoms in total. The molecule has 0 amide bonds. The molecule has 1 saturated heterocycles. The minimum atomic E-state index is 0.825. The molecular formula is C17H28N2. The van der Waals surface area contributed by atoms with Crippen LogP contribution in [0.3, 0.4) is 0 Å². The maximum Gasteiger partial charge on any atom is 0.0233 e. The fraction of sp³-hybridized carbons (Fsp3) is 0.647. The largest absolute Gasteiger partial charge is 0.316 e. The van der Waals surface area contributed by atoms with Crippen molar-refractivity contribution in [3.8, 4) is 0 Å². The number of rotatable bonds is 4. The van der Waals surface area contributed by atoms with Gasteiger partial charge in [-0.2, -0.15) is 0 Å². The summed E-state index contributed by atoms with van der Waals surface area (Å²) in [6, 6.07) is 4.68.